The number of nitrogens with zero attached hydrogens (tertiary/aromatic N) is 1. The van der Waals surface area contributed by atoms with E-state index < -0.39 is 0 Å². The van der Waals surface area contributed by atoms with E-state index in [2.05, 4.69) is 4.90 Å². The molecule has 2 fully saturated rings. The van der Waals surface area contributed by atoms with E-state index >= 15 is 0 Å². The minimum Gasteiger partial charge on any atom is -0.295 e. The van der Waals surface area contributed by atoms with Gasteiger partial charge in [0.15, 0.2) is 5.78 Å². The Hall–Kier alpha value is -0.0900. The maximum atomic E-state index is 12.3. The van der Waals surface area contributed by atoms with Crippen molar-refractivity contribution in [3.05, 3.63) is 20.3 Å². The number of Topliss-reactive ketones (excluding diaryl/α,β-unsaturated/α-hetero) is 1. The van der Waals surface area contributed by atoms with E-state index in [-0.39, 0.29) is 5.78 Å². The Morgan fingerprint density at radius 2 is 1.79 bits per heavy atom. The summed E-state index contributed by atoms with van der Waals surface area (Å²) < 4.78 is 1.11. The molecular formula is C14H17Cl2NOS. The molecular weight excluding hydrogens is 301 g/mol. The molecule has 0 aromatic carbocycles. The van der Waals surface area contributed by atoms with Gasteiger partial charge in [-0.1, -0.05) is 23.2 Å². The number of ketones is 1. The molecule has 2 aliphatic carbocycles. The van der Waals surface area contributed by atoms with Crippen molar-refractivity contribution in [2.24, 2.45) is 11.8 Å². The Morgan fingerprint density at radius 1 is 1.21 bits per heavy atom. The lowest BCUT2D eigenvalue weighted by molar-refractivity contribution is 0.0924. The monoisotopic (exact) mass is 317 g/mol. The maximum absolute atomic E-state index is 12.3. The van der Waals surface area contributed by atoms with Crippen LogP contribution in [0.3, 0.4) is 0 Å². The number of carbonyl (C=O) groups excluding carboxylic acids is 1. The molecule has 0 N–H and O–H groups in total. The second kappa shape index (κ2) is 5.72. The van der Waals surface area contributed by atoms with Crippen molar-refractivity contribution in [2.45, 2.75) is 25.7 Å². The number of carbonyl (C=O) groups is 1. The Labute approximate surface area is 127 Å². The molecule has 3 rings (SSSR count). The average Bonchev–Trinajstić information content (AvgIpc) is 3.23. The van der Waals surface area contributed by atoms with Gasteiger partial charge in [0.1, 0.15) is 4.34 Å². The predicted molar refractivity (Wildman–Crippen MR) is 80.6 cm³/mol. The molecule has 1 aromatic heterocycles. The number of hydrogen-bond donors (Lipinski definition) is 0. The van der Waals surface area contributed by atoms with Gasteiger partial charge in [-0.2, -0.15) is 0 Å². The Bertz CT molecular complexity index is 466. The van der Waals surface area contributed by atoms with Crippen LogP contribution in [0.4, 0.5) is 0 Å². The van der Waals surface area contributed by atoms with Crippen LogP contribution in [0.5, 0.6) is 0 Å². The topological polar surface area (TPSA) is 20.3 Å². The third-order valence-corrected chi connectivity index (χ3v) is 5.24. The van der Waals surface area contributed by atoms with Gasteiger partial charge in [-0.15, -0.1) is 11.3 Å². The molecule has 19 heavy (non-hydrogen) atoms. The van der Waals surface area contributed by atoms with Crippen molar-refractivity contribution in [3.8, 4) is 0 Å². The minimum atomic E-state index is 0.106. The fraction of sp³-hybridized carbons (Fsp3) is 0.643. The number of halogens is 2. The molecule has 2 aliphatic rings. The molecule has 0 radical (unpaired) electrons. The second-order valence-electron chi connectivity index (χ2n) is 5.74. The third kappa shape index (κ3) is 3.94. The van der Waals surface area contributed by atoms with Gasteiger partial charge in [0.2, 0.25) is 0 Å². The molecule has 104 valence electrons. The summed E-state index contributed by atoms with van der Waals surface area (Å²) in [6.45, 7) is 2.62. The van der Waals surface area contributed by atoms with Gasteiger partial charge in [0.05, 0.1) is 16.4 Å². The van der Waals surface area contributed by atoms with E-state index in [0.29, 0.717) is 20.8 Å². The lowest BCUT2D eigenvalue weighted by Crippen LogP contribution is -2.33. The highest BCUT2D eigenvalue weighted by Crippen LogP contribution is 2.35. The lowest BCUT2D eigenvalue weighted by atomic mass is 10.2. The first-order valence-electron chi connectivity index (χ1n) is 6.82. The summed E-state index contributed by atoms with van der Waals surface area (Å²) >= 11 is 13.2. The van der Waals surface area contributed by atoms with Crippen molar-refractivity contribution in [2.75, 3.05) is 19.6 Å². The van der Waals surface area contributed by atoms with Gasteiger partial charge in [-0.05, 0) is 43.6 Å². The zero-order chi connectivity index (χ0) is 13.4. The van der Waals surface area contributed by atoms with Gasteiger partial charge >= 0.3 is 0 Å². The minimum absolute atomic E-state index is 0.106. The van der Waals surface area contributed by atoms with Crippen LogP contribution in [-0.4, -0.2) is 30.3 Å². The van der Waals surface area contributed by atoms with Crippen molar-refractivity contribution in [1.29, 1.82) is 0 Å². The van der Waals surface area contributed by atoms with Crippen LogP contribution in [0.1, 0.15) is 36.0 Å². The normalized spacial score (nSPS) is 19.1. The summed E-state index contributed by atoms with van der Waals surface area (Å²) in [6, 6.07) is 1.70. The molecule has 0 unspecified atom stereocenters. The smallest absolute Gasteiger partial charge is 0.179 e. The predicted octanol–water partition coefficient (Wildman–Crippen LogP) is 4.36. The zero-order valence-corrected chi connectivity index (χ0v) is 13.0. The lowest BCUT2D eigenvalue weighted by Gasteiger charge is -2.21. The van der Waals surface area contributed by atoms with Crippen LogP contribution >= 0.6 is 34.5 Å². The standard InChI is InChI=1S/C14H17Cl2NOS/c15-13-5-11(14(16)19-13)12(18)8-17(6-9-1-2-9)7-10-3-4-10/h5,9-10H,1-4,6-8H2. The van der Waals surface area contributed by atoms with E-state index in [1.807, 2.05) is 0 Å². The first-order chi connectivity index (χ1) is 9.11. The number of hydrogen-bond acceptors (Lipinski definition) is 3. The maximum Gasteiger partial charge on any atom is 0.179 e. The van der Waals surface area contributed by atoms with Gasteiger partial charge in [-0.25, -0.2) is 0 Å². The summed E-state index contributed by atoms with van der Waals surface area (Å²) in [5.74, 6) is 1.73. The summed E-state index contributed by atoms with van der Waals surface area (Å²) in [5, 5.41) is 0. The van der Waals surface area contributed by atoms with Gasteiger partial charge in [0, 0.05) is 13.1 Å². The Balaban J connectivity index is 1.62. The van der Waals surface area contributed by atoms with Gasteiger partial charge in [0.25, 0.3) is 0 Å². The average molecular weight is 318 g/mol. The third-order valence-electron chi connectivity index (χ3n) is 3.75. The largest absolute Gasteiger partial charge is 0.295 e. The highest BCUT2D eigenvalue weighted by atomic mass is 35.5. The Kier molecular flexibility index (Phi) is 4.18. The van der Waals surface area contributed by atoms with Crippen LogP contribution in [0.15, 0.2) is 6.07 Å². The van der Waals surface area contributed by atoms with E-state index in [1.54, 1.807) is 6.07 Å². The number of thiophene rings is 1. The van der Waals surface area contributed by atoms with Gasteiger partial charge < -0.3 is 0 Å². The zero-order valence-electron chi connectivity index (χ0n) is 10.7. The molecule has 0 atom stereocenters. The summed E-state index contributed by atoms with van der Waals surface area (Å²) in [5.41, 5.74) is 0.591. The molecule has 5 heteroatoms. The van der Waals surface area contributed by atoms with Crippen molar-refractivity contribution >= 4 is 40.3 Å². The summed E-state index contributed by atoms with van der Waals surface area (Å²) in [7, 11) is 0. The van der Waals surface area contributed by atoms with Gasteiger partial charge in [-0.3, -0.25) is 9.69 Å². The summed E-state index contributed by atoms with van der Waals surface area (Å²) in [6.07, 6.45) is 5.28. The fourth-order valence-corrected chi connectivity index (χ4v) is 3.85. The molecule has 1 aromatic rings. The molecule has 0 aliphatic heterocycles. The van der Waals surface area contributed by atoms with Crippen molar-refractivity contribution in [3.63, 3.8) is 0 Å². The first kappa shape index (κ1) is 13.9. The van der Waals surface area contributed by atoms with Crippen molar-refractivity contribution < 1.29 is 4.79 Å². The first-order valence-corrected chi connectivity index (χ1v) is 8.39. The Morgan fingerprint density at radius 3 is 2.21 bits per heavy atom. The van der Waals surface area contributed by atoms with Crippen LogP contribution < -0.4 is 0 Å². The van der Waals surface area contributed by atoms with E-state index in [4.69, 9.17) is 23.2 Å². The molecule has 1 heterocycles. The van der Waals surface area contributed by atoms with E-state index in [1.165, 1.54) is 37.0 Å². The molecule has 0 saturated heterocycles. The van der Waals surface area contributed by atoms with Crippen LogP contribution in [0, 0.1) is 11.8 Å². The highest BCUT2D eigenvalue weighted by molar-refractivity contribution is 7.20. The highest BCUT2D eigenvalue weighted by Gasteiger charge is 2.30. The SMILES string of the molecule is O=C(CN(CC1CC1)CC1CC1)c1cc(Cl)sc1Cl. The molecule has 0 amide bonds. The second-order valence-corrected chi connectivity index (χ2v) is 8.03. The molecule has 2 saturated carbocycles. The summed E-state index contributed by atoms with van der Waals surface area (Å²) in [4.78, 5) is 14.6. The van der Waals surface area contributed by atoms with Crippen molar-refractivity contribution in [1.82, 2.24) is 4.90 Å². The quantitative estimate of drug-likeness (QED) is 0.696. The van der Waals surface area contributed by atoms with Crippen LogP contribution in [-0.2, 0) is 0 Å². The molecule has 2 nitrogen and oxygen atoms in total. The molecule has 0 spiro atoms. The van der Waals surface area contributed by atoms with E-state index in [9.17, 15) is 4.79 Å². The van der Waals surface area contributed by atoms with E-state index in [0.717, 1.165) is 24.9 Å². The fourth-order valence-electron chi connectivity index (χ4n) is 2.35. The number of rotatable bonds is 7. The van der Waals surface area contributed by atoms with Crippen LogP contribution in [0.25, 0.3) is 0 Å². The molecule has 0 bridgehead atoms. The van der Waals surface area contributed by atoms with Crippen LogP contribution in [0.2, 0.25) is 8.67 Å².